The third-order valence-electron chi connectivity index (χ3n) is 0.870. The summed E-state index contributed by atoms with van der Waals surface area (Å²) < 4.78 is 1.22. The minimum absolute atomic E-state index is 0.824. The molecule has 0 bridgehead atoms. The first-order valence-electron chi connectivity index (χ1n) is 3.30. The van der Waals surface area contributed by atoms with Gasteiger partial charge in [-0.1, -0.05) is 13.8 Å². The van der Waals surface area contributed by atoms with E-state index in [4.69, 9.17) is 5.73 Å². The fourth-order valence-corrected chi connectivity index (χ4v) is 0.822. The first-order chi connectivity index (χ1) is 4.79. The van der Waals surface area contributed by atoms with Gasteiger partial charge in [0.15, 0.2) is 0 Å². The van der Waals surface area contributed by atoms with Crippen molar-refractivity contribution in [3.63, 3.8) is 0 Å². The summed E-state index contributed by atoms with van der Waals surface area (Å²) in [7, 11) is 0. The number of hydrogen-bond acceptors (Lipinski definition) is 1. The number of benzene rings is 1. The number of halogens is 1. The molecular formula is C8H12IN. The molecule has 0 unspecified atom stereocenters. The summed E-state index contributed by atoms with van der Waals surface area (Å²) >= 11 is 2.24. The molecule has 56 valence electrons. The van der Waals surface area contributed by atoms with Gasteiger partial charge in [-0.25, -0.2) is 0 Å². The first kappa shape index (κ1) is 9.75. The van der Waals surface area contributed by atoms with E-state index in [0.717, 1.165) is 5.69 Å². The Hall–Kier alpha value is -0.250. The predicted molar refractivity (Wildman–Crippen MR) is 54.9 cm³/mol. The number of rotatable bonds is 0. The molecule has 0 aromatic heterocycles. The van der Waals surface area contributed by atoms with Crippen molar-refractivity contribution in [3.05, 3.63) is 27.8 Å². The van der Waals surface area contributed by atoms with Gasteiger partial charge in [0, 0.05) is 9.26 Å². The summed E-state index contributed by atoms with van der Waals surface area (Å²) in [6.07, 6.45) is 0. The summed E-state index contributed by atoms with van der Waals surface area (Å²) in [5.74, 6) is 0. The van der Waals surface area contributed by atoms with Crippen LogP contribution in [-0.4, -0.2) is 0 Å². The predicted octanol–water partition coefficient (Wildman–Crippen LogP) is 2.90. The van der Waals surface area contributed by atoms with E-state index < -0.39 is 0 Å². The van der Waals surface area contributed by atoms with Crippen molar-refractivity contribution >= 4 is 28.3 Å². The molecule has 1 nitrogen and oxygen atoms in total. The molecule has 2 N–H and O–H groups in total. The molecule has 10 heavy (non-hydrogen) atoms. The lowest BCUT2D eigenvalue weighted by Crippen LogP contribution is -1.81. The van der Waals surface area contributed by atoms with Gasteiger partial charge in [-0.2, -0.15) is 0 Å². The van der Waals surface area contributed by atoms with Gasteiger partial charge in [-0.3, -0.25) is 0 Å². The van der Waals surface area contributed by atoms with Crippen LogP contribution in [0.5, 0.6) is 0 Å². The van der Waals surface area contributed by atoms with Crippen LogP contribution in [0.4, 0.5) is 5.69 Å². The van der Waals surface area contributed by atoms with E-state index >= 15 is 0 Å². The highest BCUT2D eigenvalue weighted by Gasteiger charge is 1.81. The number of hydrogen-bond donors (Lipinski definition) is 1. The Morgan fingerprint density at radius 3 is 1.80 bits per heavy atom. The number of anilines is 1. The highest BCUT2D eigenvalue weighted by Crippen LogP contribution is 2.06. The zero-order valence-electron chi connectivity index (χ0n) is 6.26. The highest BCUT2D eigenvalue weighted by atomic mass is 127. The summed E-state index contributed by atoms with van der Waals surface area (Å²) in [5.41, 5.74) is 6.25. The van der Waals surface area contributed by atoms with Crippen LogP contribution in [0.25, 0.3) is 0 Å². The van der Waals surface area contributed by atoms with Gasteiger partial charge in [0.1, 0.15) is 0 Å². The average molecular weight is 249 g/mol. The zero-order valence-corrected chi connectivity index (χ0v) is 8.42. The van der Waals surface area contributed by atoms with Gasteiger partial charge in [0.05, 0.1) is 0 Å². The summed E-state index contributed by atoms with van der Waals surface area (Å²) in [6, 6.07) is 7.75. The molecule has 0 aliphatic heterocycles. The third-order valence-corrected chi connectivity index (χ3v) is 1.59. The maximum atomic E-state index is 5.42. The Kier molecular flexibility index (Phi) is 5.39. The lowest BCUT2D eigenvalue weighted by molar-refractivity contribution is 1.50. The fraction of sp³-hybridized carbons (Fsp3) is 0.250. The lowest BCUT2D eigenvalue weighted by atomic mass is 10.3. The van der Waals surface area contributed by atoms with Crippen LogP contribution in [0.2, 0.25) is 0 Å². The van der Waals surface area contributed by atoms with E-state index in [1.54, 1.807) is 0 Å². The minimum atomic E-state index is 0.824. The zero-order chi connectivity index (χ0) is 7.98. The van der Waals surface area contributed by atoms with Crippen molar-refractivity contribution < 1.29 is 0 Å². The van der Waals surface area contributed by atoms with Crippen LogP contribution in [0.1, 0.15) is 13.8 Å². The first-order valence-corrected chi connectivity index (χ1v) is 4.38. The van der Waals surface area contributed by atoms with Crippen molar-refractivity contribution in [1.29, 1.82) is 0 Å². The molecule has 1 rings (SSSR count). The molecule has 1 aromatic carbocycles. The third kappa shape index (κ3) is 3.71. The van der Waals surface area contributed by atoms with Gasteiger partial charge < -0.3 is 5.73 Å². The van der Waals surface area contributed by atoms with Crippen LogP contribution in [0.15, 0.2) is 24.3 Å². The van der Waals surface area contributed by atoms with E-state index in [0.29, 0.717) is 0 Å². The van der Waals surface area contributed by atoms with E-state index in [9.17, 15) is 0 Å². The molecule has 0 fully saturated rings. The maximum Gasteiger partial charge on any atom is 0.0314 e. The molecule has 0 heterocycles. The second-order valence-corrected chi connectivity index (χ2v) is 2.80. The van der Waals surface area contributed by atoms with Crippen LogP contribution < -0.4 is 5.73 Å². The molecular weight excluding hydrogens is 237 g/mol. The Labute approximate surface area is 75.8 Å². The molecule has 1 aromatic rings. The molecule has 0 aliphatic carbocycles. The Morgan fingerprint density at radius 2 is 1.50 bits per heavy atom. The molecule has 0 saturated carbocycles. The van der Waals surface area contributed by atoms with E-state index in [2.05, 4.69) is 22.6 Å². The molecule has 2 heteroatoms. The Morgan fingerprint density at radius 1 is 1.10 bits per heavy atom. The van der Waals surface area contributed by atoms with Crippen molar-refractivity contribution in [2.24, 2.45) is 0 Å². The second kappa shape index (κ2) is 5.53. The monoisotopic (exact) mass is 249 g/mol. The SMILES string of the molecule is CC.Nc1ccc(I)cc1. The van der Waals surface area contributed by atoms with E-state index in [1.807, 2.05) is 38.1 Å². The number of nitrogens with two attached hydrogens (primary N) is 1. The number of nitrogen functional groups attached to an aromatic ring is 1. The minimum Gasteiger partial charge on any atom is -0.399 e. The molecule has 0 spiro atoms. The van der Waals surface area contributed by atoms with Gasteiger partial charge in [-0.05, 0) is 46.9 Å². The topological polar surface area (TPSA) is 26.0 Å². The van der Waals surface area contributed by atoms with Crippen LogP contribution >= 0.6 is 22.6 Å². The highest BCUT2D eigenvalue weighted by molar-refractivity contribution is 14.1. The van der Waals surface area contributed by atoms with Gasteiger partial charge in [0.25, 0.3) is 0 Å². The Bertz CT molecular complexity index is 148. The van der Waals surface area contributed by atoms with Gasteiger partial charge >= 0.3 is 0 Å². The van der Waals surface area contributed by atoms with Crippen molar-refractivity contribution in [2.75, 3.05) is 5.73 Å². The largest absolute Gasteiger partial charge is 0.399 e. The molecule has 0 atom stereocenters. The Balaban J connectivity index is 0.000000371. The maximum absolute atomic E-state index is 5.42. The molecule has 0 amide bonds. The molecule has 0 saturated heterocycles. The summed E-state index contributed by atoms with van der Waals surface area (Å²) in [5, 5.41) is 0. The van der Waals surface area contributed by atoms with E-state index in [1.165, 1.54) is 3.57 Å². The van der Waals surface area contributed by atoms with Crippen molar-refractivity contribution in [2.45, 2.75) is 13.8 Å². The molecule has 0 aliphatic rings. The smallest absolute Gasteiger partial charge is 0.0314 e. The fourth-order valence-electron chi connectivity index (χ4n) is 0.463. The van der Waals surface area contributed by atoms with Crippen LogP contribution in [0.3, 0.4) is 0 Å². The molecule has 0 radical (unpaired) electrons. The van der Waals surface area contributed by atoms with Crippen LogP contribution in [-0.2, 0) is 0 Å². The average Bonchev–Trinajstić information content (AvgIpc) is 2.00. The van der Waals surface area contributed by atoms with E-state index in [-0.39, 0.29) is 0 Å². The summed E-state index contributed by atoms with van der Waals surface area (Å²) in [6.45, 7) is 4.00. The van der Waals surface area contributed by atoms with Crippen molar-refractivity contribution in [1.82, 2.24) is 0 Å². The quantitative estimate of drug-likeness (QED) is 0.555. The standard InChI is InChI=1S/C6H6IN.C2H6/c7-5-1-3-6(8)4-2-5;1-2/h1-4H,8H2;1-2H3. The summed E-state index contributed by atoms with van der Waals surface area (Å²) in [4.78, 5) is 0. The van der Waals surface area contributed by atoms with Crippen molar-refractivity contribution in [3.8, 4) is 0 Å². The second-order valence-electron chi connectivity index (χ2n) is 1.55. The normalized spacial score (nSPS) is 7.90. The van der Waals surface area contributed by atoms with Gasteiger partial charge in [-0.15, -0.1) is 0 Å². The van der Waals surface area contributed by atoms with Gasteiger partial charge in [0.2, 0.25) is 0 Å². The van der Waals surface area contributed by atoms with Crippen LogP contribution in [0, 0.1) is 3.57 Å². The lowest BCUT2D eigenvalue weighted by Gasteiger charge is -1.89.